The molecule has 0 aliphatic carbocycles. The number of nitrogens with zero attached hydrogens (tertiary/aromatic N) is 4. The third-order valence-corrected chi connectivity index (χ3v) is 3.97. The molecule has 0 atom stereocenters. The van der Waals surface area contributed by atoms with Gasteiger partial charge in [-0.3, -0.25) is 4.79 Å². The van der Waals surface area contributed by atoms with Gasteiger partial charge in [-0.15, -0.1) is 11.3 Å². The molecule has 2 N–H and O–H groups in total. The minimum absolute atomic E-state index is 0.206. The lowest BCUT2D eigenvalue weighted by Gasteiger charge is -2.04. The average molecular weight is 301 g/mol. The second-order valence-corrected chi connectivity index (χ2v) is 5.30. The van der Waals surface area contributed by atoms with Crippen molar-refractivity contribution in [2.75, 3.05) is 7.11 Å². The number of hydrogen-bond acceptors (Lipinski definition) is 7. The number of primary amides is 1. The first-order valence-corrected chi connectivity index (χ1v) is 6.86. The first kappa shape index (κ1) is 13.4. The van der Waals surface area contributed by atoms with Crippen LogP contribution in [0.25, 0.3) is 21.5 Å². The Kier molecular flexibility index (Phi) is 3.22. The van der Waals surface area contributed by atoms with Gasteiger partial charge < -0.3 is 10.5 Å². The standard InChI is InChI=1S/C13H11N5O2S/c1-6-3-4-8(18-17-6)7-5-15-12(20-2)9-10(7)21-13(16-9)11(14)19/h3-5H,1-2H3,(H2,14,19). The fourth-order valence-corrected chi connectivity index (χ4v) is 2.80. The number of hydrogen-bond donors (Lipinski definition) is 1. The molecule has 0 saturated carbocycles. The van der Waals surface area contributed by atoms with Crippen LogP contribution in [0.3, 0.4) is 0 Å². The minimum Gasteiger partial charge on any atom is -0.479 e. The van der Waals surface area contributed by atoms with Crippen molar-refractivity contribution < 1.29 is 9.53 Å². The Labute approximate surface area is 123 Å². The molecule has 0 saturated heterocycles. The lowest BCUT2D eigenvalue weighted by molar-refractivity contribution is 0.1000. The van der Waals surface area contributed by atoms with Gasteiger partial charge in [0.2, 0.25) is 5.88 Å². The van der Waals surface area contributed by atoms with Crippen LogP contribution in [0.5, 0.6) is 5.88 Å². The maximum absolute atomic E-state index is 11.3. The van der Waals surface area contributed by atoms with E-state index in [1.54, 1.807) is 6.20 Å². The number of fused-ring (bicyclic) bond motifs is 1. The number of aromatic nitrogens is 4. The molecule has 0 spiro atoms. The van der Waals surface area contributed by atoms with Gasteiger partial charge in [-0.25, -0.2) is 9.97 Å². The fraction of sp³-hybridized carbons (Fsp3) is 0.154. The Morgan fingerprint density at radius 2 is 2.14 bits per heavy atom. The van der Waals surface area contributed by atoms with Gasteiger partial charge in [0.05, 0.1) is 23.2 Å². The number of carbonyl (C=O) groups excluding carboxylic acids is 1. The highest BCUT2D eigenvalue weighted by Crippen LogP contribution is 2.35. The fourth-order valence-electron chi connectivity index (χ4n) is 1.87. The molecule has 0 aromatic carbocycles. The normalized spacial score (nSPS) is 10.8. The van der Waals surface area contributed by atoms with Crippen LogP contribution >= 0.6 is 11.3 Å². The molecule has 106 valence electrons. The molecule has 0 aliphatic heterocycles. The summed E-state index contributed by atoms with van der Waals surface area (Å²) in [6.07, 6.45) is 1.63. The van der Waals surface area contributed by atoms with Crippen molar-refractivity contribution in [2.24, 2.45) is 5.73 Å². The van der Waals surface area contributed by atoms with E-state index in [2.05, 4.69) is 20.2 Å². The van der Waals surface area contributed by atoms with Gasteiger partial charge in [-0.1, -0.05) is 0 Å². The zero-order chi connectivity index (χ0) is 15.0. The Bertz CT molecular complexity index is 828. The van der Waals surface area contributed by atoms with Crippen LogP contribution in [0.1, 0.15) is 15.5 Å². The van der Waals surface area contributed by atoms with E-state index >= 15 is 0 Å². The van der Waals surface area contributed by atoms with E-state index < -0.39 is 5.91 Å². The van der Waals surface area contributed by atoms with Gasteiger partial charge in [0.15, 0.2) is 5.01 Å². The molecule has 0 bridgehead atoms. The number of carbonyl (C=O) groups is 1. The number of methoxy groups -OCH3 is 1. The zero-order valence-corrected chi connectivity index (χ0v) is 12.1. The molecule has 3 rings (SSSR count). The molecule has 3 aromatic heterocycles. The SMILES string of the molecule is COc1ncc(-c2ccc(C)nn2)c2sc(C(N)=O)nc12. The minimum atomic E-state index is -0.584. The smallest absolute Gasteiger partial charge is 0.277 e. The van der Waals surface area contributed by atoms with E-state index in [1.807, 2.05) is 19.1 Å². The first-order chi connectivity index (χ1) is 10.1. The van der Waals surface area contributed by atoms with Gasteiger partial charge in [0.1, 0.15) is 5.52 Å². The van der Waals surface area contributed by atoms with E-state index in [4.69, 9.17) is 10.5 Å². The first-order valence-electron chi connectivity index (χ1n) is 6.04. The van der Waals surface area contributed by atoms with Gasteiger partial charge in [0.25, 0.3) is 5.91 Å². The average Bonchev–Trinajstić information content (AvgIpc) is 2.92. The van der Waals surface area contributed by atoms with Crippen molar-refractivity contribution in [1.29, 1.82) is 0 Å². The van der Waals surface area contributed by atoms with E-state index in [-0.39, 0.29) is 5.01 Å². The molecular formula is C13H11N5O2S. The molecule has 0 unspecified atom stereocenters. The van der Waals surface area contributed by atoms with Crippen LogP contribution in [0.15, 0.2) is 18.3 Å². The van der Waals surface area contributed by atoms with Crippen molar-refractivity contribution in [3.63, 3.8) is 0 Å². The number of rotatable bonds is 3. The van der Waals surface area contributed by atoms with Gasteiger partial charge in [-0.05, 0) is 19.1 Å². The van der Waals surface area contributed by atoms with Gasteiger partial charge >= 0.3 is 0 Å². The molecule has 3 heterocycles. The monoisotopic (exact) mass is 301 g/mol. The largest absolute Gasteiger partial charge is 0.479 e. The van der Waals surface area contributed by atoms with E-state index in [1.165, 1.54) is 18.4 Å². The van der Waals surface area contributed by atoms with Crippen LogP contribution in [0, 0.1) is 6.92 Å². The summed E-state index contributed by atoms with van der Waals surface area (Å²) in [5.74, 6) is -0.239. The van der Waals surface area contributed by atoms with Crippen LogP contribution in [-0.2, 0) is 0 Å². The molecule has 0 aliphatic rings. The number of thiazole rings is 1. The number of amides is 1. The van der Waals surface area contributed by atoms with Crippen LogP contribution < -0.4 is 10.5 Å². The van der Waals surface area contributed by atoms with Crippen LogP contribution in [0.2, 0.25) is 0 Å². The van der Waals surface area contributed by atoms with Gasteiger partial charge in [-0.2, -0.15) is 10.2 Å². The zero-order valence-electron chi connectivity index (χ0n) is 11.3. The third-order valence-electron chi connectivity index (χ3n) is 2.86. The lowest BCUT2D eigenvalue weighted by atomic mass is 10.2. The van der Waals surface area contributed by atoms with Crippen molar-refractivity contribution in [1.82, 2.24) is 20.2 Å². The van der Waals surface area contributed by atoms with Crippen LogP contribution in [0.4, 0.5) is 0 Å². The highest BCUT2D eigenvalue weighted by atomic mass is 32.1. The van der Waals surface area contributed by atoms with E-state index in [0.29, 0.717) is 17.1 Å². The molecule has 1 amide bonds. The quantitative estimate of drug-likeness (QED) is 0.787. The maximum atomic E-state index is 11.3. The van der Waals surface area contributed by atoms with Crippen molar-refractivity contribution in [3.8, 4) is 17.1 Å². The van der Waals surface area contributed by atoms with E-state index in [9.17, 15) is 4.79 Å². The molecular weight excluding hydrogens is 290 g/mol. The van der Waals surface area contributed by atoms with Crippen molar-refractivity contribution >= 4 is 27.5 Å². The van der Waals surface area contributed by atoms with Gasteiger partial charge in [0, 0.05) is 11.8 Å². The third kappa shape index (κ3) is 2.29. The van der Waals surface area contributed by atoms with Crippen molar-refractivity contribution in [3.05, 3.63) is 29.0 Å². The number of nitrogens with two attached hydrogens (primary N) is 1. The number of aryl methyl sites for hydroxylation is 1. The summed E-state index contributed by atoms with van der Waals surface area (Å²) < 4.78 is 5.92. The van der Waals surface area contributed by atoms with E-state index in [0.717, 1.165) is 16.0 Å². The Morgan fingerprint density at radius 1 is 1.33 bits per heavy atom. The highest BCUT2D eigenvalue weighted by Gasteiger charge is 2.18. The summed E-state index contributed by atoms with van der Waals surface area (Å²) in [5, 5.41) is 8.38. The predicted octanol–water partition coefficient (Wildman–Crippen LogP) is 1.56. The molecule has 0 radical (unpaired) electrons. The van der Waals surface area contributed by atoms with Crippen LogP contribution in [-0.4, -0.2) is 33.2 Å². The summed E-state index contributed by atoms with van der Waals surface area (Å²) in [4.78, 5) is 19.7. The molecule has 0 fully saturated rings. The van der Waals surface area contributed by atoms with Crippen molar-refractivity contribution in [2.45, 2.75) is 6.92 Å². The lowest BCUT2D eigenvalue weighted by Crippen LogP contribution is -2.09. The predicted molar refractivity (Wildman–Crippen MR) is 78.2 cm³/mol. The topological polar surface area (TPSA) is 104 Å². The summed E-state index contributed by atoms with van der Waals surface area (Å²) in [7, 11) is 1.50. The second kappa shape index (κ2) is 5.06. The summed E-state index contributed by atoms with van der Waals surface area (Å²) >= 11 is 1.19. The summed E-state index contributed by atoms with van der Waals surface area (Å²) in [5.41, 5.74) is 8.00. The molecule has 7 nitrogen and oxygen atoms in total. The molecule has 21 heavy (non-hydrogen) atoms. The Balaban J connectivity index is 2.28. The second-order valence-electron chi connectivity index (χ2n) is 4.30. The molecule has 3 aromatic rings. The summed E-state index contributed by atoms with van der Waals surface area (Å²) in [6, 6.07) is 3.70. The maximum Gasteiger partial charge on any atom is 0.277 e. The number of pyridine rings is 1. The number of ether oxygens (including phenoxy) is 1. The highest BCUT2D eigenvalue weighted by molar-refractivity contribution is 7.20. The Morgan fingerprint density at radius 3 is 2.76 bits per heavy atom. The molecule has 8 heteroatoms. The summed E-state index contributed by atoms with van der Waals surface area (Å²) in [6.45, 7) is 1.86. The Hall–Kier alpha value is -2.61.